The number of hydrogen-bond donors (Lipinski definition) is 2. The lowest BCUT2D eigenvalue weighted by Gasteiger charge is -2.36. The zero-order valence-corrected chi connectivity index (χ0v) is 27.4. The lowest BCUT2D eigenvalue weighted by atomic mass is 9.90. The van der Waals surface area contributed by atoms with E-state index in [1.807, 2.05) is 11.4 Å². The molecular weight excluding hydrogens is 671 g/mol. The molecule has 1 aromatic heterocycles. The van der Waals surface area contributed by atoms with Crippen molar-refractivity contribution in [3.05, 3.63) is 105 Å². The summed E-state index contributed by atoms with van der Waals surface area (Å²) >= 11 is 0. The summed E-state index contributed by atoms with van der Waals surface area (Å²) in [6.07, 6.45) is -11.7. The molecule has 17 heteroatoms. The van der Waals surface area contributed by atoms with Crippen molar-refractivity contribution < 1.29 is 56.3 Å². The highest BCUT2D eigenvalue weighted by Gasteiger charge is 2.64. The summed E-state index contributed by atoms with van der Waals surface area (Å²) in [6, 6.07) is 13.9. The predicted octanol–water partition coefficient (Wildman–Crippen LogP) is 1.72. The molecule has 2 aliphatic heterocycles. The van der Waals surface area contributed by atoms with Crippen LogP contribution in [0.2, 0.25) is 0 Å². The number of carbonyl (C=O) groups is 2. The van der Waals surface area contributed by atoms with Gasteiger partial charge in [0.05, 0.1) is 13.7 Å². The first-order valence-corrected chi connectivity index (χ1v) is 15.3. The molecule has 2 aliphatic rings. The van der Waals surface area contributed by atoms with Gasteiger partial charge in [-0.2, -0.15) is 13.2 Å². The van der Waals surface area contributed by atoms with Gasteiger partial charge < -0.3 is 38.8 Å². The fourth-order valence-corrected chi connectivity index (χ4v) is 6.05. The first-order valence-electron chi connectivity index (χ1n) is 15.3. The lowest BCUT2D eigenvalue weighted by Crippen LogP contribution is -2.63. The highest BCUT2D eigenvalue weighted by Crippen LogP contribution is 2.45. The van der Waals surface area contributed by atoms with Crippen LogP contribution in [0.5, 0.6) is 0 Å². The molecule has 7 atom stereocenters. The Kier molecular flexibility index (Phi) is 10.7. The van der Waals surface area contributed by atoms with Crippen LogP contribution in [0, 0.1) is 0 Å². The number of hydrogen-bond acceptors (Lipinski definition) is 11. The van der Waals surface area contributed by atoms with Gasteiger partial charge in [-0.05, 0) is 19.4 Å². The van der Waals surface area contributed by atoms with Gasteiger partial charge in [-0.15, -0.1) is 0 Å². The lowest BCUT2D eigenvalue weighted by molar-refractivity contribution is -0.266. The van der Waals surface area contributed by atoms with E-state index in [0.29, 0.717) is 7.11 Å². The van der Waals surface area contributed by atoms with Gasteiger partial charge in [-0.25, -0.2) is 14.2 Å². The minimum absolute atomic E-state index is 0.0925. The van der Waals surface area contributed by atoms with Gasteiger partial charge in [0.1, 0.15) is 31.1 Å². The van der Waals surface area contributed by atoms with E-state index in [1.165, 1.54) is 32.0 Å². The molecule has 2 fully saturated rings. The maximum Gasteiger partial charge on any atom is 0.430 e. The van der Waals surface area contributed by atoms with Crippen LogP contribution in [0.1, 0.15) is 31.2 Å². The molecule has 0 spiro atoms. The third-order valence-corrected chi connectivity index (χ3v) is 8.39. The smallest absolute Gasteiger partial charge is 0.430 e. The summed E-state index contributed by atoms with van der Waals surface area (Å²) in [5.41, 5.74) is -4.97. The van der Waals surface area contributed by atoms with E-state index in [4.69, 9.17) is 28.4 Å². The molecule has 270 valence electrons. The summed E-state index contributed by atoms with van der Waals surface area (Å²) in [5, 5.41) is 13.5. The van der Waals surface area contributed by atoms with Crippen LogP contribution in [-0.4, -0.2) is 82.8 Å². The molecule has 1 unspecified atom stereocenters. The number of amides is 1. The summed E-state index contributed by atoms with van der Waals surface area (Å²) in [6.45, 7) is 2.72. The number of nitrogens with one attached hydrogen (secondary N) is 1. The number of halogens is 3. The molecule has 0 saturated carbocycles. The van der Waals surface area contributed by atoms with Crippen LogP contribution in [-0.2, 0) is 56.9 Å². The first kappa shape index (κ1) is 36.9. The standard InChI is InChI=1S/C33H36F3N3O11/c1-31(2)49-25-24(23(41)22(28(42)45-3)37-29(43)32(46-4,33(34,35)36)20-13-9-6-10-14-20)48-27(26(25)50-31)38-16-15-21(40)39(30(38)44)18-47-17-19-11-7-5-8-12-19/h5-16,22-27,41H,17-18H2,1-4H3,(H,37,43)/t22-,23-,24-,25-,26-,27-,32?/m1/s1. The van der Waals surface area contributed by atoms with E-state index in [2.05, 4.69) is 0 Å². The van der Waals surface area contributed by atoms with Crippen LogP contribution >= 0.6 is 0 Å². The van der Waals surface area contributed by atoms with E-state index in [1.54, 1.807) is 24.3 Å². The van der Waals surface area contributed by atoms with Crippen molar-refractivity contribution in [2.45, 2.75) is 81.4 Å². The number of carbonyl (C=O) groups excluding carboxylic acids is 2. The number of aliphatic hydroxyl groups excluding tert-OH is 1. The molecule has 0 aliphatic carbocycles. The zero-order chi connectivity index (χ0) is 36.4. The minimum Gasteiger partial charge on any atom is -0.467 e. The number of methoxy groups -OCH3 is 2. The molecule has 2 saturated heterocycles. The first-order chi connectivity index (χ1) is 23.6. The monoisotopic (exact) mass is 707 g/mol. The third kappa shape index (κ3) is 6.97. The number of fused-ring (bicyclic) bond motifs is 1. The van der Waals surface area contributed by atoms with Crippen LogP contribution < -0.4 is 16.6 Å². The summed E-state index contributed by atoms with van der Waals surface area (Å²) in [7, 11) is 1.58. The molecule has 3 heterocycles. The second kappa shape index (κ2) is 14.5. The number of aliphatic hydroxyl groups is 1. The molecule has 0 bridgehead atoms. The van der Waals surface area contributed by atoms with Gasteiger partial charge in [0, 0.05) is 24.9 Å². The number of alkyl halides is 3. The Hall–Kier alpha value is -4.39. The average Bonchev–Trinajstić information content (AvgIpc) is 3.58. The van der Waals surface area contributed by atoms with E-state index in [0.717, 1.165) is 46.2 Å². The van der Waals surface area contributed by atoms with E-state index < -0.39 is 89.7 Å². The molecule has 2 N–H and O–H groups in total. The van der Waals surface area contributed by atoms with E-state index in [9.17, 15) is 37.5 Å². The Bertz CT molecular complexity index is 1780. The quantitative estimate of drug-likeness (QED) is 0.264. The van der Waals surface area contributed by atoms with E-state index >= 15 is 0 Å². The van der Waals surface area contributed by atoms with Gasteiger partial charge in [0.15, 0.2) is 18.1 Å². The number of rotatable bonds is 12. The van der Waals surface area contributed by atoms with Crippen LogP contribution in [0.15, 0.2) is 82.5 Å². The van der Waals surface area contributed by atoms with Crippen molar-refractivity contribution in [1.82, 2.24) is 14.5 Å². The molecule has 50 heavy (non-hydrogen) atoms. The molecule has 5 rings (SSSR count). The van der Waals surface area contributed by atoms with Crippen LogP contribution in [0.25, 0.3) is 0 Å². The third-order valence-electron chi connectivity index (χ3n) is 8.39. The summed E-state index contributed by atoms with van der Waals surface area (Å²) in [4.78, 5) is 52.8. The molecule has 14 nitrogen and oxygen atoms in total. The molecular formula is C33H36F3N3O11. The fourth-order valence-electron chi connectivity index (χ4n) is 6.05. The van der Waals surface area contributed by atoms with Gasteiger partial charge in [0.25, 0.3) is 17.1 Å². The largest absolute Gasteiger partial charge is 0.467 e. The normalized spacial score (nSPS) is 23.8. The number of aromatic nitrogens is 2. The highest BCUT2D eigenvalue weighted by atomic mass is 19.4. The van der Waals surface area contributed by atoms with Crippen molar-refractivity contribution in [3.63, 3.8) is 0 Å². The van der Waals surface area contributed by atoms with Crippen molar-refractivity contribution in [2.75, 3.05) is 14.2 Å². The average molecular weight is 708 g/mol. The topological polar surface area (TPSA) is 166 Å². The van der Waals surface area contributed by atoms with Crippen molar-refractivity contribution in [3.8, 4) is 0 Å². The minimum atomic E-state index is -5.33. The number of benzene rings is 2. The molecule has 3 aromatic rings. The highest BCUT2D eigenvalue weighted by molar-refractivity contribution is 5.91. The Balaban J connectivity index is 1.45. The number of ether oxygens (including phenoxy) is 6. The Morgan fingerprint density at radius 1 is 0.980 bits per heavy atom. The fraction of sp³-hybridized carbons (Fsp3) is 0.455. The second-order valence-electron chi connectivity index (χ2n) is 12.0. The van der Waals surface area contributed by atoms with Crippen molar-refractivity contribution >= 4 is 11.9 Å². The maximum atomic E-state index is 14.6. The Morgan fingerprint density at radius 2 is 1.60 bits per heavy atom. The summed E-state index contributed by atoms with van der Waals surface area (Å²) in [5.74, 6) is -4.48. The van der Waals surface area contributed by atoms with Gasteiger partial charge in [-0.3, -0.25) is 14.2 Å². The molecule has 1 amide bonds. The van der Waals surface area contributed by atoms with Gasteiger partial charge in [0.2, 0.25) is 0 Å². The van der Waals surface area contributed by atoms with Crippen molar-refractivity contribution in [1.29, 1.82) is 0 Å². The van der Waals surface area contributed by atoms with Gasteiger partial charge >= 0.3 is 17.8 Å². The van der Waals surface area contributed by atoms with Crippen LogP contribution in [0.4, 0.5) is 13.2 Å². The second-order valence-corrected chi connectivity index (χ2v) is 12.0. The maximum absolute atomic E-state index is 14.6. The van der Waals surface area contributed by atoms with Crippen molar-refractivity contribution in [2.24, 2.45) is 0 Å². The zero-order valence-electron chi connectivity index (χ0n) is 27.4. The number of nitrogens with zero attached hydrogens (tertiary/aromatic N) is 2. The predicted molar refractivity (Wildman–Crippen MR) is 165 cm³/mol. The summed E-state index contributed by atoms with van der Waals surface area (Å²) < 4.78 is 78.8. The Labute approximate surface area is 283 Å². The SMILES string of the molecule is COC(=O)[C@H](NC(=O)C(OC)(c1ccccc1)C(F)(F)F)[C@@H](O)[C@H]1O[C@@H](n2ccc(=O)n(COCc3ccccc3)c2=O)[C@@H]2OC(C)(C)O[C@H]12. The molecule has 0 radical (unpaired) electrons. The van der Waals surface area contributed by atoms with Gasteiger partial charge in [-0.1, -0.05) is 60.7 Å². The van der Waals surface area contributed by atoms with Crippen LogP contribution in [0.3, 0.4) is 0 Å². The van der Waals surface area contributed by atoms with E-state index in [-0.39, 0.29) is 6.61 Å². The molecule has 2 aromatic carbocycles. The Morgan fingerprint density at radius 3 is 2.20 bits per heavy atom. The number of esters is 1.